The molecule has 2 aromatic carbocycles. The first kappa shape index (κ1) is 23.1. The van der Waals surface area contributed by atoms with E-state index in [9.17, 15) is 14.9 Å². The van der Waals surface area contributed by atoms with Crippen molar-refractivity contribution >= 4 is 59.7 Å². The lowest BCUT2D eigenvalue weighted by Gasteiger charge is -2.20. The molecule has 2 aromatic heterocycles. The molecular formula is C23H24N4O4S2. The summed E-state index contributed by atoms with van der Waals surface area (Å²) in [5.41, 5.74) is 0.828. The summed E-state index contributed by atoms with van der Waals surface area (Å²) in [6.45, 7) is 3.87. The highest BCUT2D eigenvalue weighted by Crippen LogP contribution is 2.34. The van der Waals surface area contributed by atoms with Gasteiger partial charge in [-0.25, -0.2) is 4.98 Å². The van der Waals surface area contributed by atoms with E-state index < -0.39 is 4.92 Å². The molecule has 0 atom stereocenters. The number of non-ortho nitro benzene ring substituents is 1. The monoisotopic (exact) mass is 484 g/mol. The van der Waals surface area contributed by atoms with Crippen LogP contribution in [0.2, 0.25) is 0 Å². The Bertz CT molecular complexity index is 1310. The number of hydrogen-bond acceptors (Lipinski definition) is 8. The van der Waals surface area contributed by atoms with Gasteiger partial charge in [0.1, 0.15) is 5.75 Å². The zero-order valence-electron chi connectivity index (χ0n) is 18.6. The van der Waals surface area contributed by atoms with E-state index in [2.05, 4.69) is 4.90 Å². The van der Waals surface area contributed by atoms with Gasteiger partial charge in [-0.1, -0.05) is 11.3 Å². The van der Waals surface area contributed by atoms with Crippen LogP contribution in [-0.2, 0) is 0 Å². The van der Waals surface area contributed by atoms with Crippen LogP contribution >= 0.6 is 22.7 Å². The van der Waals surface area contributed by atoms with Crippen molar-refractivity contribution in [2.45, 2.75) is 13.3 Å². The van der Waals surface area contributed by atoms with Crippen LogP contribution in [0.3, 0.4) is 0 Å². The van der Waals surface area contributed by atoms with Crippen LogP contribution in [0.5, 0.6) is 5.75 Å². The molecule has 0 radical (unpaired) electrons. The molecule has 172 valence electrons. The highest BCUT2D eigenvalue weighted by molar-refractivity contribution is 7.23. The first-order chi connectivity index (χ1) is 15.9. The van der Waals surface area contributed by atoms with Gasteiger partial charge in [-0.3, -0.25) is 19.8 Å². The van der Waals surface area contributed by atoms with Crippen LogP contribution in [0.15, 0.2) is 42.5 Å². The minimum absolute atomic E-state index is 0.0124. The first-order valence-corrected chi connectivity index (χ1v) is 12.2. The summed E-state index contributed by atoms with van der Waals surface area (Å²) in [5.74, 6) is 0.624. The largest absolute Gasteiger partial charge is 0.494 e. The number of thiazole rings is 1. The fourth-order valence-electron chi connectivity index (χ4n) is 3.48. The maximum atomic E-state index is 13.6. The van der Waals surface area contributed by atoms with Gasteiger partial charge >= 0.3 is 0 Å². The number of thiophene rings is 1. The molecule has 0 bridgehead atoms. The summed E-state index contributed by atoms with van der Waals surface area (Å²) in [5, 5.41) is 12.4. The summed E-state index contributed by atoms with van der Waals surface area (Å²) in [6.07, 6.45) is 0.787. The van der Waals surface area contributed by atoms with Crippen molar-refractivity contribution in [3.63, 3.8) is 0 Å². The molecule has 0 N–H and O–H groups in total. The van der Waals surface area contributed by atoms with Crippen LogP contribution in [0.1, 0.15) is 23.0 Å². The third-order valence-corrected chi connectivity index (χ3v) is 7.19. The molecule has 0 aliphatic carbocycles. The molecule has 0 unspecified atom stereocenters. The van der Waals surface area contributed by atoms with Gasteiger partial charge in [-0.05, 0) is 64.3 Å². The van der Waals surface area contributed by atoms with Gasteiger partial charge in [-0.15, -0.1) is 11.3 Å². The minimum atomic E-state index is -0.427. The number of amides is 1. The number of nitro groups is 1. The molecule has 0 aliphatic rings. The predicted molar refractivity (Wildman–Crippen MR) is 134 cm³/mol. The lowest BCUT2D eigenvalue weighted by atomic mass is 10.2. The van der Waals surface area contributed by atoms with Crippen molar-refractivity contribution < 1.29 is 14.5 Å². The second-order valence-electron chi connectivity index (χ2n) is 7.76. The topological polar surface area (TPSA) is 88.8 Å². The summed E-state index contributed by atoms with van der Waals surface area (Å²) >= 11 is 2.79. The number of nitro benzene ring substituents is 1. The van der Waals surface area contributed by atoms with E-state index in [4.69, 9.17) is 9.72 Å². The highest BCUT2D eigenvalue weighted by Gasteiger charge is 2.23. The van der Waals surface area contributed by atoms with Gasteiger partial charge in [0, 0.05) is 28.8 Å². The number of ether oxygens (including phenoxy) is 1. The van der Waals surface area contributed by atoms with Crippen LogP contribution in [0.25, 0.3) is 20.3 Å². The van der Waals surface area contributed by atoms with E-state index >= 15 is 0 Å². The van der Waals surface area contributed by atoms with Crippen molar-refractivity contribution in [2.75, 3.05) is 38.7 Å². The standard InChI is InChI=1S/C23H24N4O4S2/c1-4-31-17-7-8-18-20(14-17)33-23(24-18)26(11-5-10-25(2)3)22(28)21-13-15-12-16(27(29)30)6-9-19(15)32-21/h6-9,12-14H,4-5,10-11H2,1-3H3. The van der Waals surface area contributed by atoms with Crippen LogP contribution < -0.4 is 9.64 Å². The summed E-state index contributed by atoms with van der Waals surface area (Å²) < 4.78 is 7.39. The average Bonchev–Trinajstić information content (AvgIpc) is 3.39. The molecular weight excluding hydrogens is 460 g/mol. The molecule has 1 amide bonds. The number of anilines is 1. The van der Waals surface area contributed by atoms with Gasteiger partial charge in [0.2, 0.25) is 0 Å². The summed E-state index contributed by atoms with van der Waals surface area (Å²) in [6, 6.07) is 12.1. The van der Waals surface area contributed by atoms with Crippen LogP contribution in [0, 0.1) is 10.1 Å². The quantitative estimate of drug-likeness (QED) is 0.233. The Morgan fingerprint density at radius 3 is 2.64 bits per heavy atom. The Kier molecular flexibility index (Phi) is 6.87. The molecule has 8 nitrogen and oxygen atoms in total. The van der Waals surface area contributed by atoms with Crippen LogP contribution in [0.4, 0.5) is 10.8 Å². The molecule has 0 fully saturated rings. The number of hydrogen-bond donors (Lipinski definition) is 0. The van der Waals surface area contributed by atoms with E-state index in [-0.39, 0.29) is 11.6 Å². The second kappa shape index (κ2) is 9.82. The molecule has 4 aromatic rings. The molecule has 0 spiro atoms. The van der Waals surface area contributed by atoms with Crippen molar-refractivity contribution in [2.24, 2.45) is 0 Å². The fraction of sp³-hybridized carbons (Fsp3) is 0.304. The first-order valence-electron chi connectivity index (χ1n) is 10.5. The average molecular weight is 485 g/mol. The van der Waals surface area contributed by atoms with Gasteiger partial charge in [-0.2, -0.15) is 0 Å². The van der Waals surface area contributed by atoms with E-state index in [0.29, 0.717) is 28.5 Å². The number of nitrogens with zero attached hydrogens (tertiary/aromatic N) is 4. The zero-order chi connectivity index (χ0) is 23.5. The number of carbonyl (C=O) groups excluding carboxylic acids is 1. The Hall–Kier alpha value is -3.08. The Labute approximate surface area is 199 Å². The lowest BCUT2D eigenvalue weighted by Crippen LogP contribution is -2.32. The van der Waals surface area contributed by atoms with Gasteiger partial charge in [0.15, 0.2) is 5.13 Å². The molecule has 4 rings (SSSR count). The van der Waals surface area contributed by atoms with E-state index in [1.54, 1.807) is 17.0 Å². The number of benzene rings is 2. The number of carbonyl (C=O) groups is 1. The Morgan fingerprint density at radius 1 is 1.09 bits per heavy atom. The predicted octanol–water partition coefficient (Wildman–Crippen LogP) is 5.42. The minimum Gasteiger partial charge on any atom is -0.494 e. The molecule has 0 aliphatic heterocycles. The molecule has 0 saturated heterocycles. The van der Waals surface area contributed by atoms with E-state index in [1.165, 1.54) is 34.8 Å². The third-order valence-electron chi connectivity index (χ3n) is 5.04. The van der Waals surface area contributed by atoms with Crippen molar-refractivity contribution in [1.29, 1.82) is 0 Å². The number of aromatic nitrogens is 1. The molecule has 33 heavy (non-hydrogen) atoms. The smallest absolute Gasteiger partial charge is 0.270 e. The van der Waals surface area contributed by atoms with Crippen LogP contribution in [-0.4, -0.2) is 54.5 Å². The molecule has 10 heteroatoms. The second-order valence-corrected chi connectivity index (χ2v) is 9.86. The van der Waals surface area contributed by atoms with Gasteiger partial charge in [0.05, 0.1) is 26.6 Å². The lowest BCUT2D eigenvalue weighted by molar-refractivity contribution is -0.384. The van der Waals surface area contributed by atoms with Crippen molar-refractivity contribution in [1.82, 2.24) is 9.88 Å². The zero-order valence-corrected chi connectivity index (χ0v) is 20.2. The van der Waals surface area contributed by atoms with Crippen molar-refractivity contribution in [3.8, 4) is 5.75 Å². The summed E-state index contributed by atoms with van der Waals surface area (Å²) in [7, 11) is 4.00. The molecule has 0 saturated carbocycles. The van der Waals surface area contributed by atoms with E-state index in [0.717, 1.165) is 33.6 Å². The maximum Gasteiger partial charge on any atom is 0.270 e. The number of fused-ring (bicyclic) bond motifs is 2. The Balaban J connectivity index is 1.69. The summed E-state index contributed by atoms with van der Waals surface area (Å²) in [4.78, 5) is 33.3. The third kappa shape index (κ3) is 5.13. The fourth-order valence-corrected chi connectivity index (χ4v) is 5.49. The SMILES string of the molecule is CCOc1ccc2nc(N(CCCN(C)C)C(=O)c3cc4cc([N+](=O)[O-])ccc4s3)sc2c1. The van der Waals surface area contributed by atoms with Crippen molar-refractivity contribution in [3.05, 3.63) is 57.5 Å². The normalized spacial score (nSPS) is 11.4. The molecule has 2 heterocycles. The van der Waals surface area contributed by atoms with Gasteiger partial charge in [0.25, 0.3) is 11.6 Å². The maximum absolute atomic E-state index is 13.6. The van der Waals surface area contributed by atoms with Gasteiger partial charge < -0.3 is 9.64 Å². The highest BCUT2D eigenvalue weighted by atomic mass is 32.1. The number of rotatable bonds is 9. The Morgan fingerprint density at radius 2 is 1.91 bits per heavy atom. The van der Waals surface area contributed by atoms with E-state index in [1.807, 2.05) is 39.2 Å².